The Kier molecular flexibility index (Phi) is 3.63. The van der Waals surface area contributed by atoms with E-state index in [2.05, 4.69) is 5.32 Å². The van der Waals surface area contributed by atoms with E-state index in [9.17, 15) is 9.59 Å². The van der Waals surface area contributed by atoms with Crippen molar-refractivity contribution in [3.63, 3.8) is 0 Å². The van der Waals surface area contributed by atoms with Gasteiger partial charge < -0.3 is 20.7 Å². The van der Waals surface area contributed by atoms with Crippen LogP contribution in [0.5, 0.6) is 0 Å². The van der Waals surface area contributed by atoms with Crippen LogP contribution in [0.2, 0.25) is 0 Å². The van der Waals surface area contributed by atoms with Crippen molar-refractivity contribution in [2.75, 3.05) is 39.4 Å². The van der Waals surface area contributed by atoms with Crippen LogP contribution in [0.15, 0.2) is 0 Å². The molecule has 2 aliphatic rings. The lowest BCUT2D eigenvalue weighted by molar-refractivity contribution is -0.151. The molecule has 0 aromatic carbocycles. The van der Waals surface area contributed by atoms with Gasteiger partial charge >= 0.3 is 0 Å². The summed E-state index contributed by atoms with van der Waals surface area (Å²) in [7, 11) is 0. The second-order valence-corrected chi connectivity index (χ2v) is 4.67. The zero-order chi connectivity index (χ0) is 12.3. The van der Waals surface area contributed by atoms with Crippen LogP contribution in [0.25, 0.3) is 0 Å². The Bertz CT molecular complexity index is 313. The van der Waals surface area contributed by atoms with E-state index in [1.807, 2.05) is 0 Å². The van der Waals surface area contributed by atoms with E-state index in [1.165, 1.54) is 0 Å². The number of carbonyl (C=O) groups is 2. The molecule has 96 valence electrons. The number of piperazine rings is 1. The summed E-state index contributed by atoms with van der Waals surface area (Å²) in [6.07, 6.45) is 1.31. The molecule has 0 bridgehead atoms. The summed E-state index contributed by atoms with van der Waals surface area (Å²) in [5.74, 6) is -0.0815. The molecule has 0 unspecified atom stereocenters. The number of hydrogen-bond acceptors (Lipinski definition) is 4. The minimum Gasteiger partial charge on any atom is -0.381 e. The Balaban J connectivity index is 2.08. The van der Waals surface area contributed by atoms with Crippen LogP contribution < -0.4 is 11.1 Å². The molecule has 2 amide bonds. The number of nitrogens with two attached hydrogens (primary N) is 1. The van der Waals surface area contributed by atoms with E-state index in [-0.39, 0.29) is 18.4 Å². The largest absolute Gasteiger partial charge is 0.381 e. The quantitative estimate of drug-likeness (QED) is 0.629. The average molecular weight is 241 g/mol. The smallest absolute Gasteiger partial charge is 0.239 e. The highest BCUT2D eigenvalue weighted by atomic mass is 16.5. The highest BCUT2D eigenvalue weighted by Gasteiger charge is 2.42. The molecule has 0 radical (unpaired) electrons. The Morgan fingerprint density at radius 1 is 1.47 bits per heavy atom. The van der Waals surface area contributed by atoms with Gasteiger partial charge in [-0.3, -0.25) is 9.59 Å². The van der Waals surface area contributed by atoms with Crippen molar-refractivity contribution in [1.29, 1.82) is 0 Å². The highest BCUT2D eigenvalue weighted by molar-refractivity contribution is 5.89. The monoisotopic (exact) mass is 241 g/mol. The average Bonchev–Trinajstić information content (AvgIpc) is 2.38. The predicted molar refractivity (Wildman–Crippen MR) is 61.1 cm³/mol. The molecule has 0 saturated carbocycles. The van der Waals surface area contributed by atoms with Crippen LogP contribution in [0, 0.1) is 5.41 Å². The summed E-state index contributed by atoms with van der Waals surface area (Å²) in [5, 5.41) is 2.71. The van der Waals surface area contributed by atoms with E-state index in [4.69, 9.17) is 10.5 Å². The number of hydrogen-bond donors (Lipinski definition) is 2. The summed E-state index contributed by atoms with van der Waals surface area (Å²) in [5.41, 5.74) is 5.26. The third kappa shape index (κ3) is 2.42. The van der Waals surface area contributed by atoms with Gasteiger partial charge in [-0.05, 0) is 12.8 Å². The van der Waals surface area contributed by atoms with E-state index >= 15 is 0 Å². The molecule has 2 heterocycles. The Hall–Kier alpha value is -1.14. The summed E-state index contributed by atoms with van der Waals surface area (Å²) >= 11 is 0. The lowest BCUT2D eigenvalue weighted by atomic mass is 9.78. The molecule has 0 aromatic rings. The van der Waals surface area contributed by atoms with Gasteiger partial charge in [-0.15, -0.1) is 0 Å². The second-order valence-electron chi connectivity index (χ2n) is 4.67. The Labute approximate surface area is 100 Å². The first-order valence-electron chi connectivity index (χ1n) is 6.02. The molecule has 2 aliphatic heterocycles. The van der Waals surface area contributed by atoms with Crippen LogP contribution in [-0.2, 0) is 14.3 Å². The zero-order valence-corrected chi connectivity index (χ0v) is 9.91. The van der Waals surface area contributed by atoms with Crippen molar-refractivity contribution in [3.8, 4) is 0 Å². The van der Waals surface area contributed by atoms with Crippen LogP contribution in [0.1, 0.15) is 12.8 Å². The molecule has 2 rings (SSSR count). The van der Waals surface area contributed by atoms with E-state index in [0.717, 1.165) is 0 Å². The molecule has 17 heavy (non-hydrogen) atoms. The number of amides is 2. The molecule has 6 nitrogen and oxygen atoms in total. The molecule has 6 heteroatoms. The van der Waals surface area contributed by atoms with Gasteiger partial charge in [0.1, 0.15) is 0 Å². The molecule has 2 fully saturated rings. The van der Waals surface area contributed by atoms with Gasteiger partial charge in [-0.2, -0.15) is 0 Å². The van der Waals surface area contributed by atoms with Crippen molar-refractivity contribution in [2.45, 2.75) is 12.8 Å². The fraction of sp³-hybridized carbons (Fsp3) is 0.818. The molecule has 0 aliphatic carbocycles. The van der Waals surface area contributed by atoms with Crippen molar-refractivity contribution < 1.29 is 14.3 Å². The zero-order valence-electron chi connectivity index (χ0n) is 9.91. The van der Waals surface area contributed by atoms with Crippen molar-refractivity contribution in [3.05, 3.63) is 0 Å². The lowest BCUT2D eigenvalue weighted by Gasteiger charge is -2.39. The van der Waals surface area contributed by atoms with Crippen LogP contribution in [0.4, 0.5) is 0 Å². The molecule has 0 aromatic heterocycles. The summed E-state index contributed by atoms with van der Waals surface area (Å²) in [4.78, 5) is 25.4. The number of rotatable bonds is 2. The highest BCUT2D eigenvalue weighted by Crippen LogP contribution is 2.31. The summed E-state index contributed by atoms with van der Waals surface area (Å²) < 4.78 is 5.28. The predicted octanol–water partition coefficient (Wildman–Crippen LogP) is -1.30. The van der Waals surface area contributed by atoms with E-state index < -0.39 is 5.41 Å². The molecule has 0 atom stereocenters. The van der Waals surface area contributed by atoms with Gasteiger partial charge in [0, 0.05) is 32.8 Å². The topological polar surface area (TPSA) is 84.7 Å². The minimum atomic E-state index is -0.518. The fourth-order valence-corrected chi connectivity index (χ4v) is 2.41. The maximum Gasteiger partial charge on any atom is 0.239 e. The van der Waals surface area contributed by atoms with Gasteiger partial charge in [-0.1, -0.05) is 0 Å². The normalized spacial score (nSPS) is 24.3. The molecule has 0 spiro atoms. The van der Waals surface area contributed by atoms with Crippen LogP contribution in [-0.4, -0.2) is 56.1 Å². The molecular weight excluding hydrogens is 222 g/mol. The third-order valence-corrected chi connectivity index (χ3v) is 3.62. The maximum absolute atomic E-state index is 12.5. The summed E-state index contributed by atoms with van der Waals surface area (Å²) in [6, 6.07) is 0. The van der Waals surface area contributed by atoms with Crippen molar-refractivity contribution >= 4 is 11.8 Å². The van der Waals surface area contributed by atoms with Gasteiger partial charge in [0.25, 0.3) is 0 Å². The number of ether oxygens (including phenoxy) is 1. The first kappa shape index (κ1) is 12.3. The van der Waals surface area contributed by atoms with E-state index in [1.54, 1.807) is 4.90 Å². The van der Waals surface area contributed by atoms with Gasteiger partial charge in [0.2, 0.25) is 11.8 Å². The second kappa shape index (κ2) is 5.01. The van der Waals surface area contributed by atoms with Crippen LogP contribution in [0.3, 0.4) is 0 Å². The SMILES string of the molecule is NCC1(C(=O)N2CCNC(=O)C2)CCOCC1. The maximum atomic E-state index is 12.5. The number of nitrogens with one attached hydrogen (secondary N) is 1. The Morgan fingerprint density at radius 3 is 2.76 bits per heavy atom. The molecular formula is C11H19N3O3. The van der Waals surface area contributed by atoms with Crippen molar-refractivity contribution in [2.24, 2.45) is 11.1 Å². The number of carbonyl (C=O) groups excluding carboxylic acids is 2. The first-order chi connectivity index (χ1) is 8.18. The number of nitrogens with zero attached hydrogens (tertiary/aromatic N) is 1. The van der Waals surface area contributed by atoms with E-state index in [0.29, 0.717) is 45.7 Å². The Morgan fingerprint density at radius 2 is 2.18 bits per heavy atom. The minimum absolute atomic E-state index is 0.0122. The van der Waals surface area contributed by atoms with Gasteiger partial charge in [-0.25, -0.2) is 0 Å². The summed E-state index contributed by atoms with van der Waals surface area (Å²) in [6.45, 7) is 2.73. The van der Waals surface area contributed by atoms with Gasteiger partial charge in [0.05, 0.1) is 12.0 Å². The fourth-order valence-electron chi connectivity index (χ4n) is 2.41. The molecule has 3 N–H and O–H groups in total. The molecule has 2 saturated heterocycles. The lowest BCUT2D eigenvalue weighted by Crippen LogP contribution is -2.57. The third-order valence-electron chi connectivity index (χ3n) is 3.62. The standard InChI is InChI=1S/C11H19N3O3/c12-8-11(1-5-17-6-2-11)10(16)14-4-3-13-9(15)7-14/h1-8,12H2,(H,13,15). The van der Waals surface area contributed by atoms with Crippen LogP contribution >= 0.6 is 0 Å². The van der Waals surface area contributed by atoms with Gasteiger partial charge in [0.15, 0.2) is 0 Å². The van der Waals surface area contributed by atoms with Crippen molar-refractivity contribution in [1.82, 2.24) is 10.2 Å². The first-order valence-corrected chi connectivity index (χ1v) is 6.02.